The van der Waals surface area contributed by atoms with Crippen molar-refractivity contribution >= 4 is 39.2 Å². The molecule has 3 fully saturated rings. The zero-order valence-electron chi connectivity index (χ0n) is 22.0. The first-order chi connectivity index (χ1) is 19.1. The molecule has 11 nitrogen and oxygen atoms in total. The van der Waals surface area contributed by atoms with E-state index in [1.807, 2.05) is 4.90 Å². The molecule has 0 spiro atoms. The summed E-state index contributed by atoms with van der Waals surface area (Å²) in [7, 11) is 0. The van der Waals surface area contributed by atoms with Gasteiger partial charge in [0.15, 0.2) is 18.0 Å². The maximum absolute atomic E-state index is 13.1. The third-order valence-electron chi connectivity index (χ3n) is 7.77. The monoisotopic (exact) mass is 551 g/mol. The molecular weight excluding hydrogens is 518 g/mol. The number of morpholine rings is 1. The Morgan fingerprint density at radius 2 is 1.77 bits per heavy atom. The largest absolute Gasteiger partial charge is 0.451 e. The smallest absolute Gasteiger partial charge is 0.246 e. The van der Waals surface area contributed by atoms with Gasteiger partial charge in [-0.05, 0) is 38.1 Å². The van der Waals surface area contributed by atoms with Gasteiger partial charge in [0, 0.05) is 56.6 Å². The molecule has 3 aliphatic rings. The van der Waals surface area contributed by atoms with E-state index in [0.717, 1.165) is 61.6 Å². The second-order valence-corrected chi connectivity index (χ2v) is 11.3. The Morgan fingerprint density at radius 1 is 1.03 bits per heavy atom. The van der Waals surface area contributed by atoms with Gasteiger partial charge in [-0.25, -0.2) is 15.0 Å². The molecule has 12 heteroatoms. The number of oxazole rings is 1. The number of rotatable bonds is 6. The van der Waals surface area contributed by atoms with E-state index in [9.17, 15) is 9.59 Å². The normalized spacial score (nSPS) is 19.5. The Labute approximate surface area is 231 Å². The van der Waals surface area contributed by atoms with Gasteiger partial charge in [0.25, 0.3) is 0 Å². The van der Waals surface area contributed by atoms with Crippen LogP contribution in [0.15, 0.2) is 35.8 Å². The standard InChI is InChI=1S/C27H33N7O4S/c1-2-23(35)32-7-9-34(10-8-32)27(36)19-3-5-31(6-4-19)16-20-15-21-24(39-20)26(33-11-13-37-14-12-33)30-25(29-21)22-17-38-18-28-22/h2,15,17-19H,1,3-14,16H2. The molecule has 0 radical (unpaired) electrons. The fourth-order valence-electron chi connectivity index (χ4n) is 5.56. The number of aromatic nitrogens is 3. The third-order valence-corrected chi connectivity index (χ3v) is 8.88. The maximum Gasteiger partial charge on any atom is 0.246 e. The van der Waals surface area contributed by atoms with E-state index in [1.165, 1.54) is 17.3 Å². The minimum atomic E-state index is -0.0611. The van der Waals surface area contributed by atoms with E-state index in [4.69, 9.17) is 19.1 Å². The predicted octanol–water partition coefficient (Wildman–Crippen LogP) is 2.25. The summed E-state index contributed by atoms with van der Waals surface area (Å²) in [5, 5.41) is 0. The fourth-order valence-corrected chi connectivity index (χ4v) is 6.72. The molecule has 0 N–H and O–H groups in total. The van der Waals surface area contributed by atoms with Gasteiger partial charge in [-0.15, -0.1) is 11.3 Å². The Balaban J connectivity index is 1.11. The molecule has 39 heavy (non-hydrogen) atoms. The molecule has 3 aromatic rings. The van der Waals surface area contributed by atoms with Crippen LogP contribution in [-0.2, 0) is 20.9 Å². The molecule has 0 aliphatic carbocycles. The molecule has 0 unspecified atom stereocenters. The van der Waals surface area contributed by atoms with Crippen LogP contribution < -0.4 is 4.90 Å². The number of likely N-dealkylation sites (tertiary alicyclic amines) is 1. The lowest BCUT2D eigenvalue weighted by Gasteiger charge is -2.38. The van der Waals surface area contributed by atoms with E-state index in [-0.39, 0.29) is 17.7 Å². The van der Waals surface area contributed by atoms with Crippen molar-refractivity contribution in [1.82, 2.24) is 29.7 Å². The number of piperazine rings is 1. The van der Waals surface area contributed by atoms with Crippen molar-refractivity contribution < 1.29 is 18.7 Å². The van der Waals surface area contributed by atoms with Gasteiger partial charge in [0.2, 0.25) is 11.8 Å². The number of carbonyl (C=O) groups is 2. The van der Waals surface area contributed by atoms with Crippen molar-refractivity contribution in [2.45, 2.75) is 19.4 Å². The average Bonchev–Trinajstić information content (AvgIpc) is 3.67. The summed E-state index contributed by atoms with van der Waals surface area (Å²) in [5.41, 5.74) is 1.54. The lowest BCUT2D eigenvalue weighted by molar-refractivity contribution is -0.141. The number of anilines is 1. The highest BCUT2D eigenvalue weighted by Gasteiger charge is 2.31. The predicted molar refractivity (Wildman–Crippen MR) is 147 cm³/mol. The van der Waals surface area contributed by atoms with E-state index in [0.29, 0.717) is 50.9 Å². The van der Waals surface area contributed by atoms with Gasteiger partial charge in [-0.3, -0.25) is 14.5 Å². The van der Waals surface area contributed by atoms with Gasteiger partial charge in [0.1, 0.15) is 12.0 Å². The minimum Gasteiger partial charge on any atom is -0.451 e. The third kappa shape index (κ3) is 5.54. The quantitative estimate of drug-likeness (QED) is 0.426. The molecule has 0 atom stereocenters. The molecule has 2 amide bonds. The lowest BCUT2D eigenvalue weighted by Crippen LogP contribution is -2.52. The molecule has 3 saturated heterocycles. The molecule has 206 valence electrons. The highest BCUT2D eigenvalue weighted by atomic mass is 32.1. The highest BCUT2D eigenvalue weighted by Crippen LogP contribution is 2.35. The number of hydrogen-bond acceptors (Lipinski definition) is 10. The zero-order chi connectivity index (χ0) is 26.8. The molecule has 6 heterocycles. The molecule has 0 aromatic carbocycles. The van der Waals surface area contributed by atoms with Crippen molar-refractivity contribution in [2.24, 2.45) is 5.92 Å². The van der Waals surface area contributed by atoms with Gasteiger partial charge < -0.3 is 23.9 Å². The van der Waals surface area contributed by atoms with E-state index >= 15 is 0 Å². The van der Waals surface area contributed by atoms with E-state index < -0.39 is 0 Å². The number of fused-ring (bicyclic) bond motifs is 1. The van der Waals surface area contributed by atoms with Crippen LogP contribution >= 0.6 is 11.3 Å². The number of piperidine rings is 1. The Kier molecular flexibility index (Phi) is 7.58. The Hall–Kier alpha value is -3.35. The van der Waals surface area contributed by atoms with Gasteiger partial charge >= 0.3 is 0 Å². The van der Waals surface area contributed by atoms with Crippen LogP contribution in [0.5, 0.6) is 0 Å². The van der Waals surface area contributed by atoms with Crippen molar-refractivity contribution in [3.63, 3.8) is 0 Å². The summed E-state index contributed by atoms with van der Waals surface area (Å²) in [5.74, 6) is 1.71. The van der Waals surface area contributed by atoms with Crippen LogP contribution in [0.4, 0.5) is 5.82 Å². The van der Waals surface area contributed by atoms with Crippen LogP contribution in [0.3, 0.4) is 0 Å². The van der Waals surface area contributed by atoms with Crippen LogP contribution in [0.1, 0.15) is 17.7 Å². The van der Waals surface area contributed by atoms with Crippen molar-refractivity contribution in [2.75, 3.05) is 70.5 Å². The van der Waals surface area contributed by atoms with Gasteiger partial charge in [-0.1, -0.05) is 6.58 Å². The summed E-state index contributed by atoms with van der Waals surface area (Å²) in [6.07, 6.45) is 6.02. The van der Waals surface area contributed by atoms with Crippen molar-refractivity contribution in [1.29, 1.82) is 0 Å². The van der Waals surface area contributed by atoms with Crippen LogP contribution in [0, 0.1) is 5.92 Å². The Bertz CT molecular complexity index is 1320. The van der Waals surface area contributed by atoms with Crippen molar-refractivity contribution in [3.05, 3.63) is 36.3 Å². The van der Waals surface area contributed by atoms with Crippen molar-refractivity contribution in [3.8, 4) is 11.5 Å². The fraction of sp³-hybridized carbons (Fsp3) is 0.519. The number of thiophene rings is 1. The first-order valence-electron chi connectivity index (χ1n) is 13.5. The number of carbonyl (C=O) groups excluding carboxylic acids is 2. The maximum atomic E-state index is 13.1. The van der Waals surface area contributed by atoms with E-state index in [2.05, 4.69) is 27.4 Å². The molecule has 6 rings (SSSR count). The summed E-state index contributed by atoms with van der Waals surface area (Å²) in [4.78, 5) is 48.6. The second-order valence-electron chi connectivity index (χ2n) is 10.2. The van der Waals surface area contributed by atoms with Gasteiger partial charge in [0.05, 0.1) is 23.4 Å². The van der Waals surface area contributed by atoms with Crippen LogP contribution in [0.25, 0.3) is 21.7 Å². The zero-order valence-corrected chi connectivity index (χ0v) is 22.8. The Morgan fingerprint density at radius 3 is 2.46 bits per heavy atom. The number of hydrogen-bond donors (Lipinski definition) is 0. The first-order valence-corrected chi connectivity index (χ1v) is 14.3. The second kappa shape index (κ2) is 11.4. The van der Waals surface area contributed by atoms with Gasteiger partial charge in [-0.2, -0.15) is 0 Å². The first kappa shape index (κ1) is 25.9. The molecule has 0 bridgehead atoms. The summed E-state index contributed by atoms with van der Waals surface area (Å²) in [6, 6.07) is 2.16. The number of ether oxygens (including phenoxy) is 1. The summed E-state index contributed by atoms with van der Waals surface area (Å²) in [6.45, 7) is 11.4. The lowest BCUT2D eigenvalue weighted by atomic mass is 9.95. The molecule has 0 saturated carbocycles. The highest BCUT2D eigenvalue weighted by molar-refractivity contribution is 7.19. The summed E-state index contributed by atoms with van der Waals surface area (Å²) < 4.78 is 11.8. The molecule has 3 aliphatic heterocycles. The molecule has 3 aromatic heterocycles. The molecular formula is C27H33N7O4S. The van der Waals surface area contributed by atoms with Crippen LogP contribution in [-0.4, -0.2) is 107 Å². The summed E-state index contributed by atoms with van der Waals surface area (Å²) >= 11 is 1.74. The minimum absolute atomic E-state index is 0.0501. The average molecular weight is 552 g/mol. The number of amides is 2. The van der Waals surface area contributed by atoms with Crippen LogP contribution in [0.2, 0.25) is 0 Å². The topological polar surface area (TPSA) is 108 Å². The van der Waals surface area contributed by atoms with E-state index in [1.54, 1.807) is 22.5 Å². The SMILES string of the molecule is C=CC(=O)N1CCN(C(=O)C2CCN(Cc3cc4nc(-c5cocn5)nc(N5CCOCC5)c4s3)CC2)CC1. The number of nitrogens with zero attached hydrogens (tertiary/aromatic N) is 7.